The Bertz CT molecular complexity index is 389. The molecule has 1 atom stereocenters. The quantitative estimate of drug-likeness (QED) is 0.787. The summed E-state index contributed by atoms with van der Waals surface area (Å²) >= 11 is 0. The highest BCUT2D eigenvalue weighted by molar-refractivity contribution is 5.70. The van der Waals surface area contributed by atoms with E-state index < -0.39 is 5.97 Å². The monoisotopic (exact) mass is 225 g/mol. The largest absolute Gasteiger partial charge is 0.481 e. The van der Waals surface area contributed by atoms with Crippen LogP contribution in [-0.4, -0.2) is 39.8 Å². The summed E-state index contributed by atoms with van der Waals surface area (Å²) in [6, 6.07) is 0. The summed E-state index contributed by atoms with van der Waals surface area (Å²) in [4.78, 5) is 10.9. The molecule has 6 heteroatoms. The second-order valence-corrected chi connectivity index (χ2v) is 3.98. The number of rotatable bonds is 4. The van der Waals surface area contributed by atoms with Crippen LogP contribution in [-0.2, 0) is 28.9 Å². The van der Waals surface area contributed by atoms with E-state index >= 15 is 0 Å². The number of carboxylic acids is 1. The third-order valence-corrected chi connectivity index (χ3v) is 2.94. The van der Waals surface area contributed by atoms with Gasteiger partial charge in [0.15, 0.2) is 0 Å². The predicted molar refractivity (Wildman–Crippen MR) is 55.0 cm³/mol. The van der Waals surface area contributed by atoms with Crippen LogP contribution in [0.5, 0.6) is 0 Å². The summed E-state index contributed by atoms with van der Waals surface area (Å²) in [7, 11) is 1.63. The number of aromatic nitrogens is 3. The van der Waals surface area contributed by atoms with Crippen LogP contribution in [0.25, 0.3) is 0 Å². The van der Waals surface area contributed by atoms with E-state index in [2.05, 4.69) is 10.3 Å². The van der Waals surface area contributed by atoms with E-state index in [9.17, 15) is 4.79 Å². The molecule has 1 heterocycles. The lowest BCUT2D eigenvalue weighted by atomic mass is 9.90. The molecule has 0 aliphatic heterocycles. The number of hydrogen-bond acceptors (Lipinski definition) is 4. The van der Waals surface area contributed by atoms with E-state index in [1.54, 1.807) is 11.8 Å². The van der Waals surface area contributed by atoms with Gasteiger partial charge in [0.05, 0.1) is 30.5 Å². The standard InChI is InChI=1S/C10H15N3O3/c1-16-5-4-13-9-6-7(10(14)15)2-3-8(9)11-12-13/h7H,2-6H2,1H3,(H,14,15). The molecule has 1 aromatic heterocycles. The van der Waals surface area contributed by atoms with E-state index in [1.807, 2.05) is 0 Å². The lowest BCUT2D eigenvalue weighted by Crippen LogP contribution is -2.24. The fourth-order valence-corrected chi connectivity index (χ4v) is 2.00. The fraction of sp³-hybridized carbons (Fsp3) is 0.700. The average Bonchev–Trinajstić information content (AvgIpc) is 2.68. The van der Waals surface area contributed by atoms with Crippen LogP contribution in [0.4, 0.5) is 0 Å². The SMILES string of the molecule is COCCn1nnc2c1CC(C(=O)O)CC2. The molecule has 0 bridgehead atoms. The molecule has 0 amide bonds. The maximum Gasteiger partial charge on any atom is 0.306 e. The maximum absolute atomic E-state index is 10.9. The van der Waals surface area contributed by atoms with Crippen molar-refractivity contribution in [3.05, 3.63) is 11.4 Å². The number of carbonyl (C=O) groups is 1. The van der Waals surface area contributed by atoms with Gasteiger partial charge in [-0.05, 0) is 12.8 Å². The molecule has 1 aromatic rings. The van der Waals surface area contributed by atoms with Gasteiger partial charge in [-0.3, -0.25) is 4.79 Å². The Morgan fingerprint density at radius 2 is 2.50 bits per heavy atom. The van der Waals surface area contributed by atoms with Gasteiger partial charge in [-0.25, -0.2) is 4.68 Å². The van der Waals surface area contributed by atoms with Crippen molar-refractivity contribution in [2.45, 2.75) is 25.8 Å². The number of aliphatic carboxylic acids is 1. The van der Waals surface area contributed by atoms with Gasteiger partial charge in [0.25, 0.3) is 0 Å². The van der Waals surface area contributed by atoms with Crippen LogP contribution in [0.3, 0.4) is 0 Å². The third-order valence-electron chi connectivity index (χ3n) is 2.94. The van der Waals surface area contributed by atoms with E-state index in [0.717, 1.165) is 11.4 Å². The summed E-state index contributed by atoms with van der Waals surface area (Å²) in [5.41, 5.74) is 1.89. The number of hydrogen-bond donors (Lipinski definition) is 1. The van der Waals surface area contributed by atoms with E-state index in [4.69, 9.17) is 9.84 Å². The van der Waals surface area contributed by atoms with Crippen LogP contribution < -0.4 is 0 Å². The maximum atomic E-state index is 10.9. The zero-order chi connectivity index (χ0) is 11.5. The molecular formula is C10H15N3O3. The average molecular weight is 225 g/mol. The molecule has 1 N–H and O–H groups in total. The first kappa shape index (κ1) is 11.1. The van der Waals surface area contributed by atoms with Crippen LogP contribution in [0, 0.1) is 5.92 Å². The minimum absolute atomic E-state index is 0.299. The van der Waals surface area contributed by atoms with Crippen LogP contribution in [0.1, 0.15) is 17.8 Å². The van der Waals surface area contributed by atoms with Gasteiger partial charge in [0.2, 0.25) is 0 Å². The van der Waals surface area contributed by atoms with E-state index in [1.165, 1.54) is 0 Å². The molecular weight excluding hydrogens is 210 g/mol. The molecule has 0 radical (unpaired) electrons. The second-order valence-electron chi connectivity index (χ2n) is 3.98. The van der Waals surface area contributed by atoms with Crippen LogP contribution in [0.15, 0.2) is 0 Å². The Hall–Kier alpha value is -1.43. The van der Waals surface area contributed by atoms with Crippen molar-refractivity contribution < 1.29 is 14.6 Å². The van der Waals surface area contributed by atoms with Crippen molar-refractivity contribution in [1.82, 2.24) is 15.0 Å². The Labute approximate surface area is 93.2 Å². The van der Waals surface area contributed by atoms with Crippen molar-refractivity contribution >= 4 is 5.97 Å². The first-order chi connectivity index (χ1) is 7.72. The molecule has 6 nitrogen and oxygen atoms in total. The molecule has 0 spiro atoms. The number of ether oxygens (including phenoxy) is 1. The van der Waals surface area contributed by atoms with E-state index in [0.29, 0.717) is 32.4 Å². The van der Waals surface area contributed by atoms with Gasteiger partial charge < -0.3 is 9.84 Å². The van der Waals surface area contributed by atoms with Gasteiger partial charge in [-0.2, -0.15) is 0 Å². The smallest absolute Gasteiger partial charge is 0.306 e. The molecule has 16 heavy (non-hydrogen) atoms. The number of carboxylic acid groups (broad SMARTS) is 1. The molecule has 0 saturated heterocycles. The molecule has 2 rings (SSSR count). The Kier molecular flexibility index (Phi) is 3.19. The summed E-state index contributed by atoms with van der Waals surface area (Å²) in [5, 5.41) is 17.1. The van der Waals surface area contributed by atoms with Crippen molar-refractivity contribution in [1.29, 1.82) is 0 Å². The second kappa shape index (κ2) is 4.61. The first-order valence-corrected chi connectivity index (χ1v) is 5.35. The zero-order valence-electron chi connectivity index (χ0n) is 9.22. The minimum Gasteiger partial charge on any atom is -0.481 e. The summed E-state index contributed by atoms with van der Waals surface area (Å²) in [5.74, 6) is -1.03. The van der Waals surface area contributed by atoms with Gasteiger partial charge >= 0.3 is 5.97 Å². The molecule has 0 saturated carbocycles. The van der Waals surface area contributed by atoms with Gasteiger partial charge in [-0.1, -0.05) is 5.21 Å². The topological polar surface area (TPSA) is 77.2 Å². The molecule has 0 aromatic carbocycles. The lowest BCUT2D eigenvalue weighted by molar-refractivity contribution is -0.142. The Morgan fingerprint density at radius 1 is 1.69 bits per heavy atom. The Morgan fingerprint density at radius 3 is 3.19 bits per heavy atom. The van der Waals surface area contributed by atoms with Crippen molar-refractivity contribution in [3.63, 3.8) is 0 Å². The molecule has 88 valence electrons. The molecule has 0 fully saturated rings. The highest BCUT2D eigenvalue weighted by atomic mass is 16.5. The Balaban J connectivity index is 2.14. The minimum atomic E-state index is -0.731. The highest BCUT2D eigenvalue weighted by Gasteiger charge is 2.28. The van der Waals surface area contributed by atoms with Crippen LogP contribution >= 0.6 is 0 Å². The number of fused-ring (bicyclic) bond motifs is 1. The lowest BCUT2D eigenvalue weighted by Gasteiger charge is -2.18. The van der Waals surface area contributed by atoms with Crippen molar-refractivity contribution in [2.75, 3.05) is 13.7 Å². The first-order valence-electron chi connectivity index (χ1n) is 5.35. The third kappa shape index (κ3) is 2.06. The van der Waals surface area contributed by atoms with Crippen molar-refractivity contribution in [3.8, 4) is 0 Å². The fourth-order valence-electron chi connectivity index (χ4n) is 2.00. The number of nitrogens with zero attached hydrogens (tertiary/aromatic N) is 3. The van der Waals surface area contributed by atoms with E-state index in [-0.39, 0.29) is 5.92 Å². The zero-order valence-corrected chi connectivity index (χ0v) is 9.22. The van der Waals surface area contributed by atoms with Crippen LogP contribution in [0.2, 0.25) is 0 Å². The number of methoxy groups -OCH3 is 1. The number of aryl methyl sites for hydroxylation is 1. The molecule has 1 aliphatic rings. The molecule has 1 unspecified atom stereocenters. The summed E-state index contributed by atoms with van der Waals surface area (Å²) in [6.45, 7) is 1.19. The highest BCUT2D eigenvalue weighted by Crippen LogP contribution is 2.23. The van der Waals surface area contributed by atoms with Gasteiger partial charge in [0, 0.05) is 13.5 Å². The summed E-state index contributed by atoms with van der Waals surface area (Å²) < 4.78 is 6.73. The summed E-state index contributed by atoms with van der Waals surface area (Å²) in [6.07, 6.45) is 1.89. The molecule has 1 aliphatic carbocycles. The predicted octanol–water partition coefficient (Wildman–Crippen LogP) is 0.114. The van der Waals surface area contributed by atoms with Gasteiger partial charge in [0.1, 0.15) is 0 Å². The normalized spacial score (nSPS) is 19.4. The van der Waals surface area contributed by atoms with Crippen molar-refractivity contribution in [2.24, 2.45) is 5.92 Å². The van der Waals surface area contributed by atoms with Gasteiger partial charge in [-0.15, -0.1) is 5.10 Å².